The fraction of sp³-hybridized carbons (Fsp3) is 0.0588. The summed E-state index contributed by atoms with van der Waals surface area (Å²) in [7, 11) is 0. The van der Waals surface area contributed by atoms with Crippen molar-refractivity contribution in [3.63, 3.8) is 0 Å². The van der Waals surface area contributed by atoms with Crippen molar-refractivity contribution < 1.29 is 19.1 Å². The number of amides is 1. The van der Waals surface area contributed by atoms with Gasteiger partial charge in [-0.1, -0.05) is 46.3 Å². The molecule has 3 rings (SSSR count). The van der Waals surface area contributed by atoms with Crippen LogP contribution >= 0.6 is 15.9 Å². The van der Waals surface area contributed by atoms with E-state index >= 15 is 0 Å². The number of halogens is 2. The quantitative estimate of drug-likeness (QED) is 0.480. The van der Waals surface area contributed by atoms with Crippen LogP contribution in [-0.4, -0.2) is 16.8 Å². The lowest BCUT2D eigenvalue weighted by molar-refractivity contribution is -0.133. The second-order valence-corrected chi connectivity index (χ2v) is 5.94. The third-order valence-electron chi connectivity index (χ3n) is 3.60. The monoisotopic (exact) mass is 375 g/mol. The average Bonchev–Trinajstić information content (AvgIpc) is 2.83. The lowest BCUT2D eigenvalue weighted by Crippen LogP contribution is -2.21. The zero-order chi connectivity index (χ0) is 16.6. The third kappa shape index (κ3) is 2.77. The van der Waals surface area contributed by atoms with Gasteiger partial charge in [-0.2, -0.15) is 0 Å². The molecule has 1 saturated heterocycles. The summed E-state index contributed by atoms with van der Waals surface area (Å²) >= 11 is 3.28. The molecule has 2 N–H and O–H groups in total. The van der Waals surface area contributed by atoms with E-state index in [9.17, 15) is 19.1 Å². The summed E-state index contributed by atoms with van der Waals surface area (Å²) in [6, 6.07) is 11.4. The maximum Gasteiger partial charge on any atom is 0.293 e. The van der Waals surface area contributed by atoms with E-state index in [1.807, 2.05) is 0 Å². The van der Waals surface area contributed by atoms with Crippen LogP contribution in [0, 0.1) is 5.82 Å². The molecule has 0 aromatic heterocycles. The second-order valence-electron chi connectivity index (χ2n) is 5.03. The zero-order valence-electron chi connectivity index (χ0n) is 11.7. The van der Waals surface area contributed by atoms with Gasteiger partial charge >= 0.3 is 0 Å². The van der Waals surface area contributed by atoms with Crippen LogP contribution in [-0.2, 0) is 9.59 Å². The first-order chi connectivity index (χ1) is 11.0. The highest BCUT2D eigenvalue weighted by molar-refractivity contribution is 9.10. The van der Waals surface area contributed by atoms with Gasteiger partial charge in [-0.05, 0) is 18.2 Å². The first kappa shape index (κ1) is 15.4. The summed E-state index contributed by atoms with van der Waals surface area (Å²) in [5.74, 6) is -2.63. The van der Waals surface area contributed by atoms with Crippen LogP contribution in [0.4, 0.5) is 4.39 Å². The maximum atomic E-state index is 14.0. The van der Waals surface area contributed by atoms with Crippen molar-refractivity contribution in [2.45, 2.75) is 6.04 Å². The van der Waals surface area contributed by atoms with E-state index in [-0.39, 0.29) is 16.9 Å². The number of benzene rings is 2. The van der Waals surface area contributed by atoms with E-state index < -0.39 is 23.5 Å². The Hall–Kier alpha value is -2.47. The number of aliphatic hydroxyl groups is 1. The number of rotatable bonds is 2. The molecule has 0 unspecified atom stereocenters. The average molecular weight is 376 g/mol. The van der Waals surface area contributed by atoms with Gasteiger partial charge < -0.3 is 10.4 Å². The molecule has 0 bridgehead atoms. The Morgan fingerprint density at radius 2 is 1.74 bits per heavy atom. The van der Waals surface area contributed by atoms with Gasteiger partial charge in [0.2, 0.25) is 0 Å². The highest BCUT2D eigenvalue weighted by atomic mass is 79.9. The molecule has 23 heavy (non-hydrogen) atoms. The second kappa shape index (κ2) is 5.96. The number of hydrogen-bond acceptors (Lipinski definition) is 3. The molecule has 1 aliphatic rings. The minimum atomic E-state index is -1.01. The Labute approximate surface area is 139 Å². The van der Waals surface area contributed by atoms with Crippen molar-refractivity contribution in [1.82, 2.24) is 5.32 Å². The van der Waals surface area contributed by atoms with E-state index in [1.165, 1.54) is 18.2 Å². The standard InChI is InChI=1S/C17H11BrFNO3/c18-10-7-5-9(6-8-10)15(21)13-14(20-17(23)16(13)22)11-3-1-2-4-12(11)19/h1-8,14,21H,(H,20,23)/t14-/m0/s1. The largest absolute Gasteiger partial charge is 0.507 e. The van der Waals surface area contributed by atoms with Crippen molar-refractivity contribution in [1.29, 1.82) is 0 Å². The summed E-state index contributed by atoms with van der Waals surface area (Å²) < 4.78 is 14.8. The summed E-state index contributed by atoms with van der Waals surface area (Å²) in [4.78, 5) is 23.9. The lowest BCUT2D eigenvalue weighted by Gasteiger charge is -2.14. The van der Waals surface area contributed by atoms with Crippen molar-refractivity contribution in [3.05, 3.63) is 75.5 Å². The van der Waals surface area contributed by atoms with Gasteiger partial charge in [0.25, 0.3) is 11.7 Å². The lowest BCUT2D eigenvalue weighted by atomic mass is 9.95. The Bertz CT molecular complexity index is 830. The predicted molar refractivity (Wildman–Crippen MR) is 86.0 cm³/mol. The molecular weight excluding hydrogens is 365 g/mol. The summed E-state index contributed by atoms with van der Waals surface area (Å²) in [6.45, 7) is 0. The third-order valence-corrected chi connectivity index (χ3v) is 4.13. The summed E-state index contributed by atoms with van der Waals surface area (Å²) in [6.07, 6.45) is 0. The first-order valence-corrected chi connectivity index (χ1v) is 7.57. The SMILES string of the molecule is O=C1N[C@@H](c2ccccc2F)C(=C(O)c2ccc(Br)cc2)C1=O. The molecule has 6 heteroatoms. The Morgan fingerprint density at radius 1 is 1.09 bits per heavy atom. The maximum absolute atomic E-state index is 14.0. The Morgan fingerprint density at radius 3 is 2.39 bits per heavy atom. The number of Topliss-reactive ketones (excluding diaryl/α,β-unsaturated/α-hetero) is 1. The van der Waals surface area contributed by atoms with Crippen LogP contribution in [0.25, 0.3) is 5.76 Å². The topological polar surface area (TPSA) is 66.4 Å². The van der Waals surface area contributed by atoms with Gasteiger partial charge in [-0.25, -0.2) is 4.39 Å². The zero-order valence-corrected chi connectivity index (χ0v) is 13.3. The molecule has 1 aliphatic heterocycles. The van der Waals surface area contributed by atoms with E-state index in [0.717, 1.165) is 4.47 Å². The van der Waals surface area contributed by atoms with Crippen LogP contribution < -0.4 is 5.32 Å². The Balaban J connectivity index is 2.15. The van der Waals surface area contributed by atoms with E-state index in [0.29, 0.717) is 5.56 Å². The Kier molecular flexibility index (Phi) is 4.00. The molecule has 0 aliphatic carbocycles. The molecule has 1 atom stereocenters. The fourth-order valence-corrected chi connectivity index (χ4v) is 2.74. The molecular formula is C17H11BrFNO3. The first-order valence-electron chi connectivity index (χ1n) is 6.77. The van der Waals surface area contributed by atoms with Gasteiger partial charge in [-0.3, -0.25) is 9.59 Å². The highest BCUT2D eigenvalue weighted by Crippen LogP contribution is 2.34. The number of ketones is 1. The molecule has 116 valence electrons. The minimum Gasteiger partial charge on any atom is -0.507 e. The molecule has 0 spiro atoms. The van der Waals surface area contributed by atoms with Crippen LogP contribution in [0.5, 0.6) is 0 Å². The van der Waals surface area contributed by atoms with Crippen LogP contribution in [0.15, 0.2) is 58.6 Å². The van der Waals surface area contributed by atoms with E-state index in [1.54, 1.807) is 30.3 Å². The van der Waals surface area contributed by atoms with Gasteiger partial charge in [0.1, 0.15) is 11.6 Å². The van der Waals surface area contributed by atoms with Gasteiger partial charge in [0, 0.05) is 15.6 Å². The predicted octanol–water partition coefficient (Wildman–Crippen LogP) is 3.30. The normalized spacial score (nSPS) is 19.7. The van der Waals surface area contributed by atoms with Crippen LogP contribution in [0.2, 0.25) is 0 Å². The van der Waals surface area contributed by atoms with Crippen LogP contribution in [0.1, 0.15) is 17.2 Å². The van der Waals surface area contributed by atoms with Gasteiger partial charge in [0.05, 0.1) is 11.6 Å². The molecule has 2 aromatic rings. The molecule has 0 saturated carbocycles. The fourth-order valence-electron chi connectivity index (χ4n) is 2.47. The van der Waals surface area contributed by atoms with E-state index in [2.05, 4.69) is 21.2 Å². The number of hydrogen-bond donors (Lipinski definition) is 2. The summed E-state index contributed by atoms with van der Waals surface area (Å²) in [5, 5.41) is 12.9. The molecule has 1 amide bonds. The smallest absolute Gasteiger partial charge is 0.293 e. The molecule has 1 fully saturated rings. The highest BCUT2D eigenvalue weighted by Gasteiger charge is 2.40. The molecule has 4 nitrogen and oxygen atoms in total. The molecule has 1 heterocycles. The molecule has 2 aromatic carbocycles. The van der Waals surface area contributed by atoms with Gasteiger partial charge in [-0.15, -0.1) is 0 Å². The van der Waals surface area contributed by atoms with Crippen molar-refractivity contribution >= 4 is 33.4 Å². The number of aliphatic hydroxyl groups excluding tert-OH is 1. The van der Waals surface area contributed by atoms with Crippen molar-refractivity contribution in [3.8, 4) is 0 Å². The van der Waals surface area contributed by atoms with E-state index in [4.69, 9.17) is 0 Å². The minimum absolute atomic E-state index is 0.130. The van der Waals surface area contributed by atoms with Gasteiger partial charge in [0.15, 0.2) is 0 Å². The van der Waals surface area contributed by atoms with Crippen molar-refractivity contribution in [2.75, 3.05) is 0 Å². The van der Waals surface area contributed by atoms with Crippen molar-refractivity contribution in [2.24, 2.45) is 0 Å². The molecule has 0 radical (unpaired) electrons. The number of carbonyl (C=O) groups is 2. The number of nitrogens with one attached hydrogen (secondary N) is 1. The van der Waals surface area contributed by atoms with Crippen LogP contribution in [0.3, 0.4) is 0 Å². The summed E-state index contributed by atoms with van der Waals surface area (Å²) in [5.41, 5.74) is 0.349. The number of carbonyl (C=O) groups excluding carboxylic acids is 2.